The molecule has 0 saturated carbocycles. The van der Waals surface area contributed by atoms with E-state index in [1.165, 1.54) is 0 Å². The summed E-state index contributed by atoms with van der Waals surface area (Å²) < 4.78 is 0. The quantitative estimate of drug-likeness (QED) is 0.729. The van der Waals surface area contributed by atoms with Crippen molar-refractivity contribution < 1.29 is 14.7 Å². The van der Waals surface area contributed by atoms with E-state index in [4.69, 9.17) is 5.11 Å². The van der Waals surface area contributed by atoms with Crippen molar-refractivity contribution in [2.45, 2.75) is 52.1 Å². The minimum atomic E-state index is -0.993. The highest BCUT2D eigenvalue weighted by atomic mass is 16.4. The lowest BCUT2D eigenvalue weighted by Crippen LogP contribution is -2.48. The number of hydrogen-bond donors (Lipinski definition) is 2. The fraction of sp³-hybridized carbons (Fsp3) is 0.818. The van der Waals surface area contributed by atoms with E-state index in [9.17, 15) is 9.59 Å². The van der Waals surface area contributed by atoms with Gasteiger partial charge in [0.1, 0.15) is 6.04 Å². The highest BCUT2D eigenvalue weighted by molar-refractivity contribution is 5.82. The average Bonchev–Trinajstić information content (AvgIpc) is 2.24. The van der Waals surface area contributed by atoms with Gasteiger partial charge in [0.05, 0.1) is 0 Å². The third-order valence-electron chi connectivity index (χ3n) is 2.69. The van der Waals surface area contributed by atoms with Gasteiger partial charge in [-0.25, -0.2) is 9.59 Å². The average molecular weight is 230 g/mol. The number of carbonyl (C=O) groups excluding carboxylic acids is 1. The van der Waals surface area contributed by atoms with Crippen LogP contribution in [0.1, 0.15) is 40.0 Å². The van der Waals surface area contributed by atoms with Crippen LogP contribution in [0, 0.1) is 0 Å². The van der Waals surface area contributed by atoms with Gasteiger partial charge in [-0.15, -0.1) is 0 Å². The van der Waals surface area contributed by atoms with E-state index in [0.29, 0.717) is 6.42 Å². The van der Waals surface area contributed by atoms with Gasteiger partial charge in [-0.1, -0.05) is 20.3 Å². The molecule has 0 radical (unpaired) electrons. The van der Waals surface area contributed by atoms with E-state index in [-0.39, 0.29) is 12.1 Å². The van der Waals surface area contributed by atoms with Crippen LogP contribution in [0.5, 0.6) is 0 Å². The molecule has 0 aromatic rings. The number of rotatable bonds is 6. The third kappa shape index (κ3) is 4.51. The van der Waals surface area contributed by atoms with Crippen molar-refractivity contribution in [3.05, 3.63) is 0 Å². The standard InChI is InChI=1S/C11H22N2O3/c1-5-7-8(3)13(4)11(16)12-9(6-2)10(14)15/h8-9H,5-7H2,1-4H3,(H,12,16)(H,14,15). The summed E-state index contributed by atoms with van der Waals surface area (Å²) >= 11 is 0. The molecule has 0 aliphatic rings. The molecule has 0 spiro atoms. The fourth-order valence-electron chi connectivity index (χ4n) is 1.40. The maximum atomic E-state index is 11.7. The van der Waals surface area contributed by atoms with Crippen LogP contribution in [0.3, 0.4) is 0 Å². The zero-order valence-electron chi connectivity index (χ0n) is 10.5. The van der Waals surface area contributed by atoms with Crippen LogP contribution < -0.4 is 5.32 Å². The second-order valence-electron chi connectivity index (χ2n) is 4.00. The summed E-state index contributed by atoms with van der Waals surface area (Å²) in [6.07, 6.45) is 2.29. The zero-order chi connectivity index (χ0) is 12.7. The highest BCUT2D eigenvalue weighted by Gasteiger charge is 2.21. The number of amides is 2. The normalized spacial score (nSPS) is 14.0. The largest absolute Gasteiger partial charge is 0.480 e. The highest BCUT2D eigenvalue weighted by Crippen LogP contribution is 2.04. The number of aliphatic carboxylic acids is 1. The molecule has 5 nitrogen and oxygen atoms in total. The van der Waals surface area contributed by atoms with Gasteiger partial charge >= 0.3 is 12.0 Å². The molecule has 5 heteroatoms. The number of nitrogens with one attached hydrogen (secondary N) is 1. The summed E-state index contributed by atoms with van der Waals surface area (Å²) in [6.45, 7) is 5.73. The van der Waals surface area contributed by atoms with Crippen LogP contribution in [0.4, 0.5) is 4.79 Å². The summed E-state index contributed by atoms with van der Waals surface area (Å²) in [5.74, 6) is -0.993. The Morgan fingerprint density at radius 2 is 1.94 bits per heavy atom. The Morgan fingerprint density at radius 3 is 2.31 bits per heavy atom. The Hall–Kier alpha value is -1.26. The first-order valence-corrected chi connectivity index (χ1v) is 5.70. The van der Waals surface area contributed by atoms with Crippen molar-refractivity contribution in [2.24, 2.45) is 0 Å². The summed E-state index contributed by atoms with van der Waals surface area (Å²) in [4.78, 5) is 24.0. The SMILES string of the molecule is CCCC(C)N(C)C(=O)NC(CC)C(=O)O. The third-order valence-corrected chi connectivity index (χ3v) is 2.69. The van der Waals surface area contributed by atoms with Crippen LogP contribution in [-0.2, 0) is 4.79 Å². The maximum absolute atomic E-state index is 11.7. The monoisotopic (exact) mass is 230 g/mol. The van der Waals surface area contributed by atoms with Crippen molar-refractivity contribution in [3.8, 4) is 0 Å². The molecule has 0 bridgehead atoms. The number of carbonyl (C=O) groups is 2. The molecule has 2 amide bonds. The summed E-state index contributed by atoms with van der Waals surface area (Å²) in [5.41, 5.74) is 0. The summed E-state index contributed by atoms with van der Waals surface area (Å²) in [7, 11) is 1.68. The predicted octanol–water partition coefficient (Wildman–Crippen LogP) is 1.68. The van der Waals surface area contributed by atoms with Crippen LogP contribution in [0.2, 0.25) is 0 Å². The summed E-state index contributed by atoms with van der Waals surface area (Å²) in [5, 5.41) is 11.3. The minimum absolute atomic E-state index is 0.122. The zero-order valence-corrected chi connectivity index (χ0v) is 10.5. The first kappa shape index (κ1) is 14.7. The van der Waals surface area contributed by atoms with E-state index in [1.807, 2.05) is 13.8 Å². The van der Waals surface area contributed by atoms with Crippen molar-refractivity contribution >= 4 is 12.0 Å². The van der Waals surface area contributed by atoms with Gasteiger partial charge in [0, 0.05) is 13.1 Å². The first-order valence-electron chi connectivity index (χ1n) is 5.70. The van der Waals surface area contributed by atoms with Crippen LogP contribution in [-0.4, -0.2) is 41.1 Å². The molecule has 0 fully saturated rings. The molecule has 0 aromatic heterocycles. The van der Waals surface area contributed by atoms with E-state index in [2.05, 4.69) is 5.32 Å². The number of carboxylic acid groups (broad SMARTS) is 1. The number of nitrogens with zero attached hydrogens (tertiary/aromatic N) is 1. The maximum Gasteiger partial charge on any atom is 0.326 e. The Kier molecular flexibility index (Phi) is 6.53. The Labute approximate surface area is 96.8 Å². The molecule has 16 heavy (non-hydrogen) atoms. The van der Waals surface area contributed by atoms with Gasteiger partial charge in [-0.05, 0) is 19.8 Å². The van der Waals surface area contributed by atoms with Gasteiger partial charge in [-0.3, -0.25) is 0 Å². The van der Waals surface area contributed by atoms with Gasteiger partial charge in [-0.2, -0.15) is 0 Å². The Bertz CT molecular complexity index is 243. The molecule has 94 valence electrons. The van der Waals surface area contributed by atoms with Crippen molar-refractivity contribution in [1.29, 1.82) is 0 Å². The number of hydrogen-bond acceptors (Lipinski definition) is 2. The molecule has 0 heterocycles. The number of urea groups is 1. The van der Waals surface area contributed by atoms with Crippen LogP contribution in [0.25, 0.3) is 0 Å². The van der Waals surface area contributed by atoms with E-state index in [0.717, 1.165) is 12.8 Å². The predicted molar refractivity (Wildman–Crippen MR) is 62.4 cm³/mol. The smallest absolute Gasteiger partial charge is 0.326 e. The Balaban J connectivity index is 4.28. The number of carboxylic acids is 1. The second kappa shape index (κ2) is 7.09. The van der Waals surface area contributed by atoms with Crippen LogP contribution >= 0.6 is 0 Å². The van der Waals surface area contributed by atoms with Crippen molar-refractivity contribution in [2.75, 3.05) is 7.05 Å². The molecular weight excluding hydrogens is 208 g/mol. The second-order valence-corrected chi connectivity index (χ2v) is 4.00. The molecule has 0 saturated heterocycles. The molecule has 0 aliphatic carbocycles. The first-order chi connectivity index (χ1) is 7.43. The fourth-order valence-corrected chi connectivity index (χ4v) is 1.40. The van der Waals surface area contributed by atoms with E-state index >= 15 is 0 Å². The van der Waals surface area contributed by atoms with E-state index < -0.39 is 12.0 Å². The Morgan fingerprint density at radius 1 is 1.38 bits per heavy atom. The molecule has 2 atom stereocenters. The molecule has 0 aromatic carbocycles. The topological polar surface area (TPSA) is 69.6 Å². The molecule has 2 N–H and O–H groups in total. The van der Waals surface area contributed by atoms with Crippen molar-refractivity contribution in [1.82, 2.24) is 10.2 Å². The van der Waals surface area contributed by atoms with Gasteiger partial charge in [0.25, 0.3) is 0 Å². The molecular formula is C11H22N2O3. The van der Waals surface area contributed by atoms with Gasteiger partial charge in [0.2, 0.25) is 0 Å². The van der Waals surface area contributed by atoms with E-state index in [1.54, 1.807) is 18.9 Å². The van der Waals surface area contributed by atoms with Crippen molar-refractivity contribution in [3.63, 3.8) is 0 Å². The lowest BCUT2D eigenvalue weighted by atomic mass is 10.2. The van der Waals surface area contributed by atoms with Crippen LogP contribution in [0.15, 0.2) is 0 Å². The molecule has 0 aliphatic heterocycles. The van der Waals surface area contributed by atoms with Gasteiger partial charge in [0.15, 0.2) is 0 Å². The minimum Gasteiger partial charge on any atom is -0.480 e. The molecule has 2 unspecified atom stereocenters. The van der Waals surface area contributed by atoms with Gasteiger partial charge < -0.3 is 15.3 Å². The lowest BCUT2D eigenvalue weighted by Gasteiger charge is -2.26. The molecule has 0 rings (SSSR count). The lowest BCUT2D eigenvalue weighted by molar-refractivity contribution is -0.139. The summed E-state index contributed by atoms with van der Waals surface area (Å²) in [6, 6.07) is -1.00.